The standard InChI is InChI=1S/C20H24ClN3O2/c1-3-4-12-24-20(21)15(14(2)23-24)9-10-19(25)22-17-11-13-26-18-8-6-5-7-16(17)18/h5-10,17H,3-4,11-13H2,1-2H3,(H,22,25)/b10-9+/t17-/m1/s1. The summed E-state index contributed by atoms with van der Waals surface area (Å²) in [5.74, 6) is 0.688. The van der Waals surface area contributed by atoms with E-state index in [2.05, 4.69) is 17.3 Å². The van der Waals surface area contributed by atoms with Crippen molar-refractivity contribution in [3.05, 3.63) is 52.3 Å². The Morgan fingerprint density at radius 3 is 3.08 bits per heavy atom. The van der Waals surface area contributed by atoms with Crippen LogP contribution in [0.15, 0.2) is 30.3 Å². The first-order valence-electron chi connectivity index (χ1n) is 9.03. The van der Waals surface area contributed by atoms with Crippen molar-refractivity contribution < 1.29 is 9.53 Å². The molecule has 0 bridgehead atoms. The molecule has 0 saturated carbocycles. The smallest absolute Gasteiger partial charge is 0.244 e. The van der Waals surface area contributed by atoms with E-state index in [1.165, 1.54) is 6.08 Å². The maximum absolute atomic E-state index is 12.4. The Kier molecular flexibility index (Phi) is 5.99. The van der Waals surface area contributed by atoms with Crippen LogP contribution >= 0.6 is 11.6 Å². The lowest BCUT2D eigenvalue weighted by Crippen LogP contribution is -2.30. The van der Waals surface area contributed by atoms with E-state index >= 15 is 0 Å². The fraction of sp³-hybridized carbons (Fsp3) is 0.400. The van der Waals surface area contributed by atoms with Crippen LogP contribution in [-0.2, 0) is 11.3 Å². The molecule has 1 N–H and O–H groups in total. The van der Waals surface area contributed by atoms with Gasteiger partial charge in [-0.15, -0.1) is 0 Å². The number of ether oxygens (including phenoxy) is 1. The van der Waals surface area contributed by atoms with E-state index < -0.39 is 0 Å². The largest absolute Gasteiger partial charge is 0.493 e. The first-order valence-corrected chi connectivity index (χ1v) is 9.41. The summed E-state index contributed by atoms with van der Waals surface area (Å²) in [6, 6.07) is 7.76. The Labute approximate surface area is 159 Å². The van der Waals surface area contributed by atoms with Crippen molar-refractivity contribution in [2.45, 2.75) is 45.7 Å². The topological polar surface area (TPSA) is 56.2 Å². The highest BCUT2D eigenvalue weighted by atomic mass is 35.5. The molecular weight excluding hydrogens is 350 g/mol. The number of nitrogens with zero attached hydrogens (tertiary/aromatic N) is 2. The van der Waals surface area contributed by atoms with Crippen molar-refractivity contribution in [2.75, 3.05) is 6.61 Å². The molecule has 0 radical (unpaired) electrons. The van der Waals surface area contributed by atoms with Crippen molar-refractivity contribution in [1.82, 2.24) is 15.1 Å². The second kappa shape index (κ2) is 8.41. The molecule has 2 heterocycles. The van der Waals surface area contributed by atoms with Crippen LogP contribution in [0.3, 0.4) is 0 Å². The lowest BCUT2D eigenvalue weighted by Gasteiger charge is -2.26. The van der Waals surface area contributed by atoms with Gasteiger partial charge in [-0.05, 0) is 25.5 Å². The van der Waals surface area contributed by atoms with Crippen LogP contribution in [0.1, 0.15) is 49.0 Å². The molecule has 1 aliphatic rings. The number of fused-ring (bicyclic) bond motifs is 1. The third-order valence-electron chi connectivity index (χ3n) is 4.51. The minimum atomic E-state index is -0.150. The third kappa shape index (κ3) is 4.10. The first kappa shape index (κ1) is 18.5. The molecule has 5 nitrogen and oxygen atoms in total. The second-order valence-corrected chi connectivity index (χ2v) is 6.79. The van der Waals surface area contributed by atoms with Crippen LogP contribution in [0.4, 0.5) is 0 Å². The van der Waals surface area contributed by atoms with Gasteiger partial charge in [-0.3, -0.25) is 9.48 Å². The normalized spacial score (nSPS) is 16.3. The lowest BCUT2D eigenvalue weighted by atomic mass is 10.0. The second-order valence-electron chi connectivity index (χ2n) is 6.44. The van der Waals surface area contributed by atoms with Crippen molar-refractivity contribution in [3.63, 3.8) is 0 Å². The van der Waals surface area contributed by atoms with Crippen molar-refractivity contribution in [3.8, 4) is 5.75 Å². The van der Waals surface area contributed by atoms with E-state index in [0.717, 1.165) is 48.4 Å². The number of para-hydroxylation sites is 1. The molecule has 2 aromatic rings. The minimum absolute atomic E-state index is 0.0408. The summed E-state index contributed by atoms with van der Waals surface area (Å²) in [5.41, 5.74) is 2.64. The van der Waals surface area contributed by atoms with Crippen LogP contribution in [0.2, 0.25) is 5.15 Å². The number of benzene rings is 1. The molecular formula is C20H24ClN3O2. The number of unbranched alkanes of at least 4 members (excludes halogenated alkanes) is 1. The summed E-state index contributed by atoms with van der Waals surface area (Å²) >= 11 is 6.41. The number of halogens is 1. The molecule has 0 spiro atoms. The molecule has 1 aromatic heterocycles. The first-order chi connectivity index (χ1) is 12.6. The lowest BCUT2D eigenvalue weighted by molar-refractivity contribution is -0.117. The van der Waals surface area contributed by atoms with Gasteiger partial charge in [0.25, 0.3) is 0 Å². The van der Waals surface area contributed by atoms with E-state index in [0.29, 0.717) is 11.8 Å². The predicted molar refractivity (Wildman–Crippen MR) is 103 cm³/mol. The summed E-state index contributed by atoms with van der Waals surface area (Å²) in [6.45, 7) is 5.42. The van der Waals surface area contributed by atoms with E-state index in [1.54, 1.807) is 10.8 Å². The highest BCUT2D eigenvalue weighted by Crippen LogP contribution is 2.31. The number of rotatable bonds is 6. The molecule has 3 rings (SSSR count). The van der Waals surface area contributed by atoms with Gasteiger partial charge in [0.1, 0.15) is 10.9 Å². The fourth-order valence-electron chi connectivity index (χ4n) is 3.08. The van der Waals surface area contributed by atoms with Crippen LogP contribution in [0.5, 0.6) is 5.75 Å². The monoisotopic (exact) mass is 373 g/mol. The molecule has 138 valence electrons. The van der Waals surface area contributed by atoms with Gasteiger partial charge in [0.2, 0.25) is 5.91 Å². The maximum atomic E-state index is 12.4. The molecule has 1 aliphatic heterocycles. The summed E-state index contributed by atoms with van der Waals surface area (Å²) in [4.78, 5) is 12.4. The average Bonchev–Trinajstić information content (AvgIpc) is 2.92. The Morgan fingerprint density at radius 2 is 2.27 bits per heavy atom. The minimum Gasteiger partial charge on any atom is -0.493 e. The molecule has 1 aromatic carbocycles. The zero-order valence-corrected chi connectivity index (χ0v) is 15.9. The average molecular weight is 374 g/mol. The van der Waals surface area contributed by atoms with Gasteiger partial charge in [0, 0.05) is 30.2 Å². The Balaban J connectivity index is 1.68. The van der Waals surface area contributed by atoms with Gasteiger partial charge in [-0.1, -0.05) is 43.1 Å². The van der Waals surface area contributed by atoms with Crippen molar-refractivity contribution >= 4 is 23.6 Å². The number of carbonyl (C=O) groups is 1. The quantitative estimate of drug-likeness (QED) is 0.768. The van der Waals surface area contributed by atoms with E-state index in [4.69, 9.17) is 16.3 Å². The van der Waals surface area contributed by atoms with Gasteiger partial charge in [0.15, 0.2) is 0 Å². The highest BCUT2D eigenvalue weighted by Gasteiger charge is 2.22. The molecule has 1 amide bonds. The Hall–Kier alpha value is -2.27. The molecule has 26 heavy (non-hydrogen) atoms. The number of aryl methyl sites for hydroxylation is 2. The number of carbonyl (C=O) groups excluding carboxylic acids is 1. The number of hydrogen-bond acceptors (Lipinski definition) is 3. The summed E-state index contributed by atoms with van der Waals surface area (Å²) in [7, 11) is 0. The zero-order valence-electron chi connectivity index (χ0n) is 15.2. The summed E-state index contributed by atoms with van der Waals surface area (Å²) < 4.78 is 7.43. The molecule has 1 atom stereocenters. The summed E-state index contributed by atoms with van der Waals surface area (Å²) in [6.07, 6.45) is 6.13. The van der Waals surface area contributed by atoms with Gasteiger partial charge in [0.05, 0.1) is 18.3 Å². The van der Waals surface area contributed by atoms with Crippen molar-refractivity contribution in [2.24, 2.45) is 0 Å². The van der Waals surface area contributed by atoms with E-state index in [9.17, 15) is 4.79 Å². The summed E-state index contributed by atoms with van der Waals surface area (Å²) in [5, 5.41) is 8.09. The van der Waals surface area contributed by atoms with E-state index in [-0.39, 0.29) is 11.9 Å². The Morgan fingerprint density at radius 1 is 1.46 bits per heavy atom. The maximum Gasteiger partial charge on any atom is 0.244 e. The fourth-order valence-corrected chi connectivity index (χ4v) is 3.41. The molecule has 0 unspecified atom stereocenters. The van der Waals surface area contributed by atoms with Gasteiger partial charge in [-0.25, -0.2) is 0 Å². The SMILES string of the molecule is CCCCn1nc(C)c(/C=C/C(=O)N[C@@H]2CCOc3ccccc32)c1Cl. The number of amides is 1. The van der Waals surface area contributed by atoms with Gasteiger partial charge in [-0.2, -0.15) is 5.10 Å². The van der Waals surface area contributed by atoms with Crippen molar-refractivity contribution in [1.29, 1.82) is 0 Å². The third-order valence-corrected chi connectivity index (χ3v) is 4.91. The molecule has 6 heteroatoms. The predicted octanol–water partition coefficient (Wildman–Crippen LogP) is 4.30. The molecule has 0 saturated heterocycles. The van der Waals surface area contributed by atoms with Crippen LogP contribution in [0, 0.1) is 6.92 Å². The van der Waals surface area contributed by atoms with Crippen LogP contribution in [0.25, 0.3) is 6.08 Å². The molecule has 0 fully saturated rings. The molecule has 0 aliphatic carbocycles. The Bertz CT molecular complexity index is 813. The van der Waals surface area contributed by atoms with E-state index in [1.807, 2.05) is 31.2 Å². The number of nitrogens with one attached hydrogen (secondary N) is 1. The highest BCUT2D eigenvalue weighted by molar-refractivity contribution is 6.31. The van der Waals surface area contributed by atoms with Crippen LogP contribution in [-0.4, -0.2) is 22.3 Å². The van der Waals surface area contributed by atoms with Gasteiger partial charge >= 0.3 is 0 Å². The zero-order chi connectivity index (χ0) is 18.5. The number of aromatic nitrogens is 2. The van der Waals surface area contributed by atoms with Crippen LogP contribution < -0.4 is 10.1 Å². The van der Waals surface area contributed by atoms with Gasteiger partial charge < -0.3 is 10.1 Å². The number of hydrogen-bond donors (Lipinski definition) is 1.